The molecule has 0 fully saturated rings. The van der Waals surface area contributed by atoms with E-state index in [1.54, 1.807) is 7.11 Å². The van der Waals surface area contributed by atoms with Crippen LogP contribution in [0.1, 0.15) is 11.5 Å². The van der Waals surface area contributed by atoms with Crippen molar-refractivity contribution in [1.29, 1.82) is 0 Å². The number of nitrogens with one attached hydrogen (secondary N) is 1. The van der Waals surface area contributed by atoms with Gasteiger partial charge in [-0.25, -0.2) is 0 Å². The second-order valence-electron chi connectivity index (χ2n) is 5.02. The quantitative estimate of drug-likeness (QED) is 0.716. The normalized spacial score (nSPS) is 10.6. The molecule has 1 N–H and O–H groups in total. The third kappa shape index (κ3) is 3.53. The highest BCUT2D eigenvalue weighted by Crippen LogP contribution is 2.28. The first-order valence-electron chi connectivity index (χ1n) is 7.13. The van der Waals surface area contributed by atoms with Gasteiger partial charge in [0.25, 0.3) is 5.89 Å². The Morgan fingerprint density at radius 2 is 2.00 bits per heavy atom. The maximum atomic E-state index is 5.71. The topological polar surface area (TPSA) is 60.2 Å². The zero-order valence-electron chi connectivity index (χ0n) is 12.8. The first-order valence-corrected chi connectivity index (χ1v) is 7.92. The fourth-order valence-electron chi connectivity index (χ4n) is 2.19. The van der Waals surface area contributed by atoms with Gasteiger partial charge >= 0.3 is 0 Å². The highest BCUT2D eigenvalue weighted by Gasteiger charge is 2.12. The summed E-state index contributed by atoms with van der Waals surface area (Å²) in [6.07, 6.45) is 0. The second-order valence-corrected chi connectivity index (χ2v) is 5.87. The minimum atomic E-state index is 0.450. The van der Waals surface area contributed by atoms with Crippen LogP contribution in [0.15, 0.2) is 51.4 Å². The molecule has 1 aromatic heterocycles. The summed E-state index contributed by atoms with van der Waals surface area (Å²) in [4.78, 5) is 0. The molecule has 0 atom stereocenters. The molecule has 2 aromatic carbocycles. The molecule has 0 saturated heterocycles. The van der Waals surface area contributed by atoms with Gasteiger partial charge in [0.05, 0.1) is 19.2 Å². The lowest BCUT2D eigenvalue weighted by Gasteiger charge is -2.06. The van der Waals surface area contributed by atoms with Gasteiger partial charge in [-0.15, -0.1) is 10.2 Å². The molecule has 1 heterocycles. The Hall–Kier alpha value is -2.34. The number of benzene rings is 2. The molecule has 0 aliphatic carbocycles. The van der Waals surface area contributed by atoms with E-state index in [9.17, 15) is 0 Å². The molecule has 0 unspecified atom stereocenters. The van der Waals surface area contributed by atoms with Crippen LogP contribution >= 0.6 is 15.9 Å². The van der Waals surface area contributed by atoms with Gasteiger partial charge in [0.15, 0.2) is 0 Å². The summed E-state index contributed by atoms with van der Waals surface area (Å²) in [5.74, 6) is 1.68. The largest absolute Gasteiger partial charge is 0.496 e. The Bertz CT molecular complexity index is 817. The zero-order valence-corrected chi connectivity index (χ0v) is 14.4. The number of ether oxygens (including phenoxy) is 1. The van der Waals surface area contributed by atoms with E-state index < -0.39 is 0 Å². The summed E-state index contributed by atoms with van der Waals surface area (Å²) in [7, 11) is 1.62. The number of aromatic nitrogens is 2. The Kier molecular flexibility index (Phi) is 4.62. The van der Waals surface area contributed by atoms with Crippen LogP contribution in [0.3, 0.4) is 0 Å². The van der Waals surface area contributed by atoms with Gasteiger partial charge in [0.1, 0.15) is 5.75 Å². The van der Waals surface area contributed by atoms with Crippen molar-refractivity contribution in [3.05, 3.63) is 58.4 Å². The second kappa shape index (κ2) is 6.83. The Morgan fingerprint density at radius 3 is 2.78 bits per heavy atom. The van der Waals surface area contributed by atoms with Crippen LogP contribution in [0.5, 0.6) is 5.75 Å². The lowest BCUT2D eigenvalue weighted by Crippen LogP contribution is -1.99. The van der Waals surface area contributed by atoms with Gasteiger partial charge in [-0.2, -0.15) is 0 Å². The molecule has 23 heavy (non-hydrogen) atoms. The van der Waals surface area contributed by atoms with E-state index in [4.69, 9.17) is 9.15 Å². The number of nitrogens with zero attached hydrogens (tertiary/aromatic N) is 2. The van der Waals surface area contributed by atoms with Crippen molar-refractivity contribution in [2.75, 3.05) is 12.4 Å². The average molecular weight is 374 g/mol. The van der Waals surface area contributed by atoms with E-state index >= 15 is 0 Å². The third-order valence-corrected chi connectivity index (χ3v) is 4.30. The Morgan fingerprint density at radius 1 is 1.17 bits per heavy atom. The average Bonchev–Trinajstić information content (AvgIpc) is 3.04. The van der Waals surface area contributed by atoms with Gasteiger partial charge in [0.2, 0.25) is 5.89 Å². The molecule has 3 aromatic rings. The first-order chi connectivity index (χ1) is 11.2. The number of halogens is 1. The van der Waals surface area contributed by atoms with E-state index in [2.05, 4.69) is 37.5 Å². The summed E-state index contributed by atoms with van der Waals surface area (Å²) in [5.41, 5.74) is 2.95. The SMILES string of the molecule is COc1ccccc1-c1nnc(CNc2ccc(Br)c(C)c2)o1. The smallest absolute Gasteiger partial charge is 0.251 e. The monoisotopic (exact) mass is 373 g/mol. The minimum Gasteiger partial charge on any atom is -0.496 e. The molecule has 0 radical (unpaired) electrons. The zero-order chi connectivity index (χ0) is 16.2. The molecule has 3 rings (SSSR count). The molecule has 0 bridgehead atoms. The molecule has 6 heteroatoms. The van der Waals surface area contributed by atoms with Crippen molar-refractivity contribution in [2.24, 2.45) is 0 Å². The van der Waals surface area contributed by atoms with Crippen LogP contribution < -0.4 is 10.1 Å². The molecule has 0 aliphatic heterocycles. The summed E-state index contributed by atoms with van der Waals surface area (Å²) >= 11 is 3.49. The van der Waals surface area contributed by atoms with Crippen molar-refractivity contribution in [3.8, 4) is 17.2 Å². The van der Waals surface area contributed by atoms with Crippen molar-refractivity contribution >= 4 is 21.6 Å². The van der Waals surface area contributed by atoms with Crippen LogP contribution in [0.4, 0.5) is 5.69 Å². The van der Waals surface area contributed by atoms with E-state index in [1.165, 1.54) is 0 Å². The fraction of sp³-hybridized carbons (Fsp3) is 0.176. The van der Waals surface area contributed by atoms with Gasteiger partial charge in [-0.3, -0.25) is 0 Å². The lowest BCUT2D eigenvalue weighted by molar-refractivity contribution is 0.413. The van der Waals surface area contributed by atoms with Crippen molar-refractivity contribution < 1.29 is 9.15 Å². The predicted octanol–water partition coefficient (Wildman–Crippen LogP) is 4.43. The summed E-state index contributed by atoms with van der Waals surface area (Å²) in [6, 6.07) is 13.6. The molecule has 0 saturated carbocycles. The van der Waals surface area contributed by atoms with E-state index in [0.717, 1.165) is 21.3 Å². The highest BCUT2D eigenvalue weighted by atomic mass is 79.9. The molecule has 5 nitrogen and oxygen atoms in total. The fourth-order valence-corrected chi connectivity index (χ4v) is 2.43. The molecular weight excluding hydrogens is 358 g/mol. The first kappa shape index (κ1) is 15.6. The van der Waals surface area contributed by atoms with Crippen LogP contribution in [-0.2, 0) is 6.54 Å². The predicted molar refractivity (Wildman–Crippen MR) is 92.5 cm³/mol. The van der Waals surface area contributed by atoms with Gasteiger partial charge in [0, 0.05) is 10.2 Å². The number of para-hydroxylation sites is 1. The number of rotatable bonds is 5. The highest BCUT2D eigenvalue weighted by molar-refractivity contribution is 9.10. The van der Waals surface area contributed by atoms with Gasteiger partial charge < -0.3 is 14.5 Å². The van der Waals surface area contributed by atoms with E-state index in [1.807, 2.05) is 43.3 Å². The van der Waals surface area contributed by atoms with Gasteiger partial charge in [-0.1, -0.05) is 28.1 Å². The Balaban J connectivity index is 1.73. The summed E-state index contributed by atoms with van der Waals surface area (Å²) < 4.78 is 12.1. The van der Waals surface area contributed by atoms with Gasteiger partial charge in [-0.05, 0) is 42.8 Å². The van der Waals surface area contributed by atoms with Crippen molar-refractivity contribution in [3.63, 3.8) is 0 Å². The molecule has 0 aliphatic rings. The lowest BCUT2D eigenvalue weighted by atomic mass is 10.2. The molecular formula is C17H16BrN3O2. The third-order valence-electron chi connectivity index (χ3n) is 3.41. The summed E-state index contributed by atoms with van der Waals surface area (Å²) in [5, 5.41) is 11.4. The summed E-state index contributed by atoms with van der Waals surface area (Å²) in [6.45, 7) is 2.50. The van der Waals surface area contributed by atoms with E-state index in [0.29, 0.717) is 24.1 Å². The minimum absolute atomic E-state index is 0.450. The number of aryl methyl sites for hydroxylation is 1. The van der Waals surface area contributed by atoms with Crippen LogP contribution in [-0.4, -0.2) is 17.3 Å². The molecule has 118 valence electrons. The maximum Gasteiger partial charge on any atom is 0.251 e. The standard InChI is InChI=1S/C17H16BrN3O2/c1-11-9-12(7-8-14(11)18)19-10-16-20-21-17(23-16)13-5-3-4-6-15(13)22-2/h3-9,19H,10H2,1-2H3. The molecule has 0 amide bonds. The maximum absolute atomic E-state index is 5.71. The number of hydrogen-bond donors (Lipinski definition) is 1. The Labute approximate surface area is 142 Å². The van der Waals surface area contributed by atoms with Crippen LogP contribution in [0.25, 0.3) is 11.5 Å². The van der Waals surface area contributed by atoms with Crippen LogP contribution in [0.2, 0.25) is 0 Å². The number of anilines is 1. The number of hydrogen-bond acceptors (Lipinski definition) is 5. The van der Waals surface area contributed by atoms with E-state index in [-0.39, 0.29) is 0 Å². The van der Waals surface area contributed by atoms with Crippen molar-refractivity contribution in [2.45, 2.75) is 13.5 Å². The van der Waals surface area contributed by atoms with Crippen LogP contribution in [0, 0.1) is 6.92 Å². The molecule has 0 spiro atoms. The number of methoxy groups -OCH3 is 1. The van der Waals surface area contributed by atoms with Crippen molar-refractivity contribution in [1.82, 2.24) is 10.2 Å².